The van der Waals surface area contributed by atoms with Crippen LogP contribution in [0, 0.1) is 0 Å². The Balaban J connectivity index is 1.33. The van der Waals surface area contributed by atoms with Gasteiger partial charge in [-0.3, -0.25) is 9.48 Å². The first-order valence-corrected chi connectivity index (χ1v) is 10.9. The predicted molar refractivity (Wildman–Crippen MR) is 128 cm³/mol. The van der Waals surface area contributed by atoms with Crippen molar-refractivity contribution in [2.24, 2.45) is 0 Å². The molecule has 0 saturated carbocycles. The summed E-state index contributed by atoms with van der Waals surface area (Å²) >= 11 is 0. The van der Waals surface area contributed by atoms with Crippen LogP contribution >= 0.6 is 0 Å². The summed E-state index contributed by atoms with van der Waals surface area (Å²) < 4.78 is 22.3. The highest BCUT2D eigenvalue weighted by molar-refractivity contribution is 6.02. The molecule has 0 aliphatic carbocycles. The molecule has 4 aromatic rings. The van der Waals surface area contributed by atoms with Crippen molar-refractivity contribution in [2.75, 3.05) is 19.5 Å². The minimum Gasteiger partial charge on any atom is -0.486 e. The topological polar surface area (TPSA) is 122 Å². The number of anilines is 1. The third-order valence-electron chi connectivity index (χ3n) is 5.19. The average molecular weight is 489 g/mol. The highest BCUT2D eigenvalue weighted by atomic mass is 16.5. The number of furan rings is 1. The Labute approximate surface area is 206 Å². The van der Waals surface area contributed by atoms with Crippen molar-refractivity contribution in [1.29, 1.82) is 0 Å². The van der Waals surface area contributed by atoms with E-state index in [2.05, 4.69) is 15.2 Å². The number of carbonyl (C=O) groups is 3. The zero-order valence-electron chi connectivity index (χ0n) is 19.6. The van der Waals surface area contributed by atoms with Crippen molar-refractivity contribution in [2.45, 2.75) is 13.2 Å². The normalized spacial score (nSPS) is 10.5. The molecule has 0 bridgehead atoms. The minimum absolute atomic E-state index is 0.0996. The summed E-state index contributed by atoms with van der Waals surface area (Å²) in [6.45, 7) is 0.423. The number of aromatic nitrogens is 2. The summed E-state index contributed by atoms with van der Waals surface area (Å²) in [5.41, 5.74) is 2.07. The molecule has 2 aromatic carbocycles. The Hall–Kier alpha value is -4.86. The fourth-order valence-corrected chi connectivity index (χ4v) is 3.39. The quantitative estimate of drug-likeness (QED) is 0.351. The lowest BCUT2D eigenvalue weighted by atomic mass is 10.1. The number of ether oxygens (including phenoxy) is 3. The van der Waals surface area contributed by atoms with Crippen molar-refractivity contribution < 1.29 is 33.0 Å². The van der Waals surface area contributed by atoms with E-state index in [-0.39, 0.29) is 12.4 Å². The fourth-order valence-electron chi connectivity index (χ4n) is 3.39. The summed E-state index contributed by atoms with van der Waals surface area (Å²) in [4.78, 5) is 36.1. The fraction of sp³-hybridized carbons (Fsp3) is 0.154. The van der Waals surface area contributed by atoms with Gasteiger partial charge in [0.25, 0.3) is 5.91 Å². The van der Waals surface area contributed by atoms with Crippen LogP contribution in [0.1, 0.15) is 42.6 Å². The number of amides is 1. The van der Waals surface area contributed by atoms with Gasteiger partial charge in [0.15, 0.2) is 5.76 Å². The molecule has 0 aliphatic rings. The second-order valence-electron chi connectivity index (χ2n) is 7.60. The SMILES string of the molecule is COC(=O)c1ccc(OCc2ccc(C(=O)Nc3cnn(Cc4ccccc4C(=O)OC)c3)o2)cc1. The van der Waals surface area contributed by atoms with Gasteiger partial charge >= 0.3 is 11.9 Å². The molecular formula is C26H23N3O7. The van der Waals surface area contributed by atoms with Crippen LogP contribution in [0.4, 0.5) is 5.69 Å². The van der Waals surface area contributed by atoms with Crippen LogP contribution in [0.5, 0.6) is 5.75 Å². The third kappa shape index (κ3) is 5.79. The number of hydrogen-bond acceptors (Lipinski definition) is 8. The van der Waals surface area contributed by atoms with Gasteiger partial charge in [-0.1, -0.05) is 18.2 Å². The summed E-state index contributed by atoms with van der Waals surface area (Å²) in [7, 11) is 2.65. The monoisotopic (exact) mass is 489 g/mol. The number of methoxy groups -OCH3 is 2. The molecule has 184 valence electrons. The maximum absolute atomic E-state index is 12.6. The van der Waals surface area contributed by atoms with Crippen LogP contribution < -0.4 is 10.1 Å². The molecule has 0 spiro atoms. The van der Waals surface area contributed by atoms with Crippen LogP contribution in [-0.2, 0) is 22.6 Å². The molecule has 2 aromatic heterocycles. The van der Waals surface area contributed by atoms with Crippen LogP contribution in [-0.4, -0.2) is 41.8 Å². The number of benzene rings is 2. The zero-order valence-corrected chi connectivity index (χ0v) is 19.6. The first-order chi connectivity index (χ1) is 17.5. The number of hydrogen-bond donors (Lipinski definition) is 1. The number of nitrogens with zero attached hydrogens (tertiary/aromatic N) is 2. The van der Waals surface area contributed by atoms with Crippen LogP contribution in [0.2, 0.25) is 0 Å². The highest BCUT2D eigenvalue weighted by Crippen LogP contribution is 2.18. The van der Waals surface area contributed by atoms with E-state index < -0.39 is 17.8 Å². The first-order valence-electron chi connectivity index (χ1n) is 10.9. The Morgan fingerprint density at radius 1 is 0.944 bits per heavy atom. The molecule has 4 rings (SSSR count). The van der Waals surface area contributed by atoms with Crippen molar-refractivity contribution in [1.82, 2.24) is 9.78 Å². The molecule has 10 heteroatoms. The molecule has 1 amide bonds. The molecule has 0 atom stereocenters. The van der Waals surface area contributed by atoms with Crippen molar-refractivity contribution >= 4 is 23.5 Å². The maximum atomic E-state index is 12.6. The maximum Gasteiger partial charge on any atom is 0.338 e. The molecule has 0 fully saturated rings. The van der Waals surface area contributed by atoms with E-state index in [9.17, 15) is 14.4 Å². The largest absolute Gasteiger partial charge is 0.486 e. The minimum atomic E-state index is -0.446. The van der Waals surface area contributed by atoms with Gasteiger partial charge in [-0.2, -0.15) is 5.10 Å². The molecule has 0 radical (unpaired) electrons. The van der Waals surface area contributed by atoms with E-state index in [1.807, 2.05) is 12.1 Å². The molecular weight excluding hydrogens is 466 g/mol. The van der Waals surface area contributed by atoms with Crippen molar-refractivity contribution in [3.63, 3.8) is 0 Å². The third-order valence-corrected chi connectivity index (χ3v) is 5.19. The molecule has 36 heavy (non-hydrogen) atoms. The van der Waals surface area contributed by atoms with Gasteiger partial charge in [-0.25, -0.2) is 9.59 Å². The zero-order chi connectivity index (χ0) is 25.5. The Kier molecular flexibility index (Phi) is 7.45. The second-order valence-corrected chi connectivity index (χ2v) is 7.60. The standard InChI is InChI=1S/C26H23N3O7/c1-33-25(31)17-7-9-20(10-8-17)35-16-21-11-12-23(36-21)24(30)28-19-13-27-29(15-19)14-18-5-3-4-6-22(18)26(32)34-2/h3-13,15H,14,16H2,1-2H3,(H,28,30). The lowest BCUT2D eigenvalue weighted by Gasteiger charge is -2.07. The molecule has 0 saturated heterocycles. The Morgan fingerprint density at radius 3 is 2.44 bits per heavy atom. The van der Waals surface area contributed by atoms with Gasteiger partial charge in [0.1, 0.15) is 18.1 Å². The number of rotatable bonds is 9. The van der Waals surface area contributed by atoms with Crippen LogP contribution in [0.3, 0.4) is 0 Å². The second kappa shape index (κ2) is 11.0. The van der Waals surface area contributed by atoms with Gasteiger partial charge in [0, 0.05) is 6.20 Å². The van der Waals surface area contributed by atoms with Crippen LogP contribution in [0.15, 0.2) is 77.5 Å². The van der Waals surface area contributed by atoms with Gasteiger partial charge in [0.05, 0.1) is 43.8 Å². The average Bonchev–Trinajstić information content (AvgIpc) is 3.57. The van der Waals surface area contributed by atoms with Gasteiger partial charge < -0.3 is 23.9 Å². The molecule has 0 aliphatic heterocycles. The molecule has 1 N–H and O–H groups in total. The Morgan fingerprint density at radius 2 is 1.69 bits per heavy atom. The van der Waals surface area contributed by atoms with Crippen LogP contribution in [0.25, 0.3) is 0 Å². The lowest BCUT2D eigenvalue weighted by molar-refractivity contribution is 0.0591. The number of nitrogens with one attached hydrogen (secondary N) is 1. The van der Waals surface area contributed by atoms with Gasteiger partial charge in [-0.05, 0) is 48.0 Å². The lowest BCUT2D eigenvalue weighted by Crippen LogP contribution is -2.11. The first kappa shape index (κ1) is 24.3. The predicted octanol–water partition coefficient (Wildman–Crippen LogP) is 3.93. The summed E-state index contributed by atoms with van der Waals surface area (Å²) in [6.07, 6.45) is 3.15. The van der Waals surface area contributed by atoms with E-state index in [0.29, 0.717) is 34.9 Å². The summed E-state index contributed by atoms with van der Waals surface area (Å²) in [5, 5.41) is 6.98. The van der Waals surface area contributed by atoms with E-state index >= 15 is 0 Å². The van der Waals surface area contributed by atoms with E-state index in [1.54, 1.807) is 59.4 Å². The summed E-state index contributed by atoms with van der Waals surface area (Å²) in [6, 6.07) is 16.7. The Bertz CT molecular complexity index is 1370. The smallest absolute Gasteiger partial charge is 0.338 e. The number of esters is 2. The highest BCUT2D eigenvalue weighted by Gasteiger charge is 2.15. The molecule has 2 heterocycles. The summed E-state index contributed by atoms with van der Waals surface area (Å²) in [5.74, 6) is -0.211. The van der Waals surface area contributed by atoms with E-state index in [1.165, 1.54) is 20.4 Å². The van der Waals surface area contributed by atoms with Crippen molar-refractivity contribution in [3.8, 4) is 5.75 Å². The number of carbonyl (C=O) groups excluding carboxylic acids is 3. The van der Waals surface area contributed by atoms with E-state index in [4.69, 9.17) is 13.9 Å². The van der Waals surface area contributed by atoms with Gasteiger partial charge in [0.2, 0.25) is 0 Å². The van der Waals surface area contributed by atoms with Gasteiger partial charge in [-0.15, -0.1) is 0 Å². The van der Waals surface area contributed by atoms with Crippen molar-refractivity contribution in [3.05, 3.63) is 101 Å². The molecule has 10 nitrogen and oxygen atoms in total. The van der Waals surface area contributed by atoms with E-state index in [0.717, 1.165) is 5.56 Å². The molecule has 0 unspecified atom stereocenters.